The SMILES string of the molecule is CC1CCC(C(=O)NC(CCC(=O)NC(CCC(=O)O)C(=O)C(C)(C)NCCOCCOCC(=O)C(C)(C)NCC(N)=O)C(=O)O)CC1. The number of ketones is 2. The molecule has 48 heavy (non-hydrogen) atoms. The monoisotopic (exact) mass is 685 g/mol. The summed E-state index contributed by atoms with van der Waals surface area (Å²) in [5.74, 6) is -4.49. The second kappa shape index (κ2) is 20.8. The van der Waals surface area contributed by atoms with Gasteiger partial charge >= 0.3 is 11.9 Å². The van der Waals surface area contributed by atoms with Gasteiger partial charge in [0.2, 0.25) is 17.7 Å². The number of rotatable bonds is 25. The second-order valence-corrected chi connectivity index (χ2v) is 13.4. The van der Waals surface area contributed by atoms with Crippen LogP contribution >= 0.6 is 0 Å². The van der Waals surface area contributed by atoms with Gasteiger partial charge in [-0.2, -0.15) is 0 Å². The van der Waals surface area contributed by atoms with Crippen molar-refractivity contribution in [2.45, 2.75) is 109 Å². The highest BCUT2D eigenvalue weighted by Gasteiger charge is 2.35. The Kier molecular flexibility index (Phi) is 18.4. The first-order valence-corrected chi connectivity index (χ1v) is 16.4. The molecule has 1 saturated carbocycles. The molecule has 0 saturated heterocycles. The average Bonchev–Trinajstić information content (AvgIpc) is 3.00. The molecule has 274 valence electrons. The highest BCUT2D eigenvalue weighted by Crippen LogP contribution is 2.28. The van der Waals surface area contributed by atoms with Crippen molar-refractivity contribution < 1.29 is 53.2 Å². The maximum Gasteiger partial charge on any atom is 0.326 e. The van der Waals surface area contributed by atoms with Crippen molar-refractivity contribution >= 4 is 41.2 Å². The van der Waals surface area contributed by atoms with Gasteiger partial charge in [0.25, 0.3) is 0 Å². The lowest BCUT2D eigenvalue weighted by Gasteiger charge is -2.30. The van der Waals surface area contributed by atoms with E-state index in [4.69, 9.17) is 15.2 Å². The summed E-state index contributed by atoms with van der Waals surface area (Å²) in [6.45, 7) is 8.83. The smallest absolute Gasteiger partial charge is 0.326 e. The Labute approximate surface area is 282 Å². The van der Waals surface area contributed by atoms with Crippen LogP contribution in [0.25, 0.3) is 0 Å². The van der Waals surface area contributed by atoms with E-state index in [1.54, 1.807) is 27.7 Å². The van der Waals surface area contributed by atoms with Gasteiger partial charge in [-0.1, -0.05) is 6.92 Å². The summed E-state index contributed by atoms with van der Waals surface area (Å²) in [7, 11) is 0. The van der Waals surface area contributed by atoms with Crippen LogP contribution in [0.15, 0.2) is 0 Å². The first-order valence-electron chi connectivity index (χ1n) is 16.4. The minimum Gasteiger partial charge on any atom is -0.481 e. The van der Waals surface area contributed by atoms with Gasteiger partial charge in [-0.05, 0) is 72.1 Å². The molecule has 2 unspecified atom stereocenters. The molecule has 16 heteroatoms. The minimum absolute atomic E-state index is 0.121. The maximum atomic E-state index is 13.4. The molecular weight excluding hydrogens is 630 g/mol. The van der Waals surface area contributed by atoms with Crippen LogP contribution < -0.4 is 27.0 Å². The number of ether oxygens (including phenoxy) is 2. The zero-order chi connectivity index (χ0) is 36.5. The Morgan fingerprint density at radius 1 is 0.792 bits per heavy atom. The Hall–Kier alpha value is -3.47. The number of aliphatic carboxylic acids is 2. The van der Waals surface area contributed by atoms with Crippen molar-refractivity contribution in [2.75, 3.05) is 39.5 Å². The van der Waals surface area contributed by atoms with E-state index in [9.17, 15) is 43.8 Å². The summed E-state index contributed by atoms with van der Waals surface area (Å²) in [5, 5.41) is 29.7. The second-order valence-electron chi connectivity index (χ2n) is 13.4. The lowest BCUT2D eigenvalue weighted by Crippen LogP contribution is -2.56. The molecule has 8 N–H and O–H groups in total. The maximum absolute atomic E-state index is 13.4. The third-order valence-corrected chi connectivity index (χ3v) is 8.40. The largest absolute Gasteiger partial charge is 0.481 e. The van der Waals surface area contributed by atoms with Crippen molar-refractivity contribution in [3.8, 4) is 0 Å². The molecule has 0 bridgehead atoms. The van der Waals surface area contributed by atoms with Crippen molar-refractivity contribution in [2.24, 2.45) is 17.6 Å². The average molecular weight is 686 g/mol. The molecule has 0 radical (unpaired) electrons. The van der Waals surface area contributed by atoms with Gasteiger partial charge in [0.15, 0.2) is 11.6 Å². The lowest BCUT2D eigenvalue weighted by molar-refractivity contribution is -0.143. The van der Waals surface area contributed by atoms with Crippen molar-refractivity contribution in [3.63, 3.8) is 0 Å². The molecule has 1 rings (SSSR count). The van der Waals surface area contributed by atoms with E-state index in [0.29, 0.717) is 18.8 Å². The van der Waals surface area contributed by atoms with Gasteiger partial charge in [0, 0.05) is 25.3 Å². The minimum atomic E-state index is -1.28. The number of carboxylic acids is 2. The standard InChI is InChI=1S/C32H55N5O11/c1-20-6-8-21(9-7-20)29(44)37-23(30(45)46)10-12-26(40)36-22(11-13-27(41)42)28(43)32(4,5)34-14-15-47-16-17-48-19-24(38)31(2,3)35-18-25(33)39/h20-23,34-35H,6-19H2,1-5H3,(H2,33,39)(H,36,40)(H,37,44)(H,41,42)(H,45,46). The normalized spacial score (nSPS) is 17.9. The van der Waals surface area contributed by atoms with E-state index in [1.165, 1.54) is 0 Å². The molecule has 1 aliphatic carbocycles. The number of hydrogen-bond acceptors (Lipinski definition) is 11. The van der Waals surface area contributed by atoms with Crippen LogP contribution in [-0.4, -0.2) is 114 Å². The summed E-state index contributed by atoms with van der Waals surface area (Å²) in [6.07, 6.45) is 2.08. The Bertz CT molecular complexity index is 1120. The first-order chi connectivity index (χ1) is 22.4. The predicted octanol–water partition coefficient (Wildman–Crippen LogP) is -0.0950. The van der Waals surface area contributed by atoms with Gasteiger partial charge in [-0.3, -0.25) is 34.1 Å². The van der Waals surface area contributed by atoms with Gasteiger partial charge in [-0.15, -0.1) is 0 Å². The third-order valence-electron chi connectivity index (χ3n) is 8.40. The van der Waals surface area contributed by atoms with Gasteiger partial charge in [0.05, 0.1) is 43.5 Å². The zero-order valence-electron chi connectivity index (χ0n) is 28.9. The summed E-state index contributed by atoms with van der Waals surface area (Å²) >= 11 is 0. The number of carbonyl (C=O) groups is 7. The van der Waals surface area contributed by atoms with Crippen molar-refractivity contribution in [3.05, 3.63) is 0 Å². The molecule has 0 aromatic heterocycles. The quantitative estimate of drug-likeness (QED) is 0.0621. The number of nitrogens with one attached hydrogen (secondary N) is 4. The number of amides is 3. The fraction of sp³-hybridized carbons (Fsp3) is 0.781. The van der Waals surface area contributed by atoms with Crippen LogP contribution in [0.3, 0.4) is 0 Å². The molecule has 0 aromatic rings. The number of hydrogen-bond donors (Lipinski definition) is 7. The zero-order valence-corrected chi connectivity index (χ0v) is 28.9. The van der Waals surface area contributed by atoms with Crippen LogP contribution in [-0.2, 0) is 43.0 Å². The van der Waals surface area contributed by atoms with Crippen LogP contribution in [0.2, 0.25) is 0 Å². The highest BCUT2D eigenvalue weighted by molar-refractivity contribution is 5.95. The molecule has 0 aromatic carbocycles. The number of Topliss-reactive ketones (excluding diaryl/α,β-unsaturated/α-hetero) is 2. The number of carboxylic acid groups (broad SMARTS) is 2. The Balaban J connectivity index is 2.56. The van der Waals surface area contributed by atoms with Gasteiger partial charge in [0.1, 0.15) is 12.6 Å². The Morgan fingerprint density at radius 2 is 1.40 bits per heavy atom. The van der Waals surface area contributed by atoms with Crippen LogP contribution in [0.4, 0.5) is 0 Å². The van der Waals surface area contributed by atoms with Crippen molar-refractivity contribution in [1.29, 1.82) is 0 Å². The predicted molar refractivity (Wildman–Crippen MR) is 174 cm³/mol. The van der Waals surface area contributed by atoms with Crippen molar-refractivity contribution in [1.82, 2.24) is 21.3 Å². The van der Waals surface area contributed by atoms with E-state index in [1.807, 2.05) is 0 Å². The van der Waals surface area contributed by atoms with E-state index in [2.05, 4.69) is 28.2 Å². The van der Waals surface area contributed by atoms with E-state index < -0.39 is 52.7 Å². The summed E-state index contributed by atoms with van der Waals surface area (Å²) in [6, 6.07) is -2.44. The summed E-state index contributed by atoms with van der Waals surface area (Å²) in [5.41, 5.74) is 2.91. The molecule has 16 nitrogen and oxygen atoms in total. The third kappa shape index (κ3) is 16.6. The molecule has 3 amide bonds. The molecule has 2 atom stereocenters. The van der Waals surface area contributed by atoms with E-state index in [-0.39, 0.29) is 82.8 Å². The van der Waals surface area contributed by atoms with Crippen LogP contribution in [0.1, 0.15) is 86.0 Å². The number of nitrogens with two attached hydrogens (primary N) is 1. The van der Waals surface area contributed by atoms with Crippen LogP contribution in [0.5, 0.6) is 0 Å². The van der Waals surface area contributed by atoms with Gasteiger partial charge < -0.3 is 41.4 Å². The first kappa shape index (κ1) is 42.6. The van der Waals surface area contributed by atoms with E-state index >= 15 is 0 Å². The lowest BCUT2D eigenvalue weighted by atomic mass is 9.82. The molecule has 0 heterocycles. The highest BCUT2D eigenvalue weighted by atomic mass is 16.5. The summed E-state index contributed by atoms with van der Waals surface area (Å²) < 4.78 is 10.8. The molecule has 0 spiro atoms. The summed E-state index contributed by atoms with van der Waals surface area (Å²) in [4.78, 5) is 85.1. The van der Waals surface area contributed by atoms with E-state index in [0.717, 1.165) is 12.8 Å². The van der Waals surface area contributed by atoms with Crippen LogP contribution in [0, 0.1) is 11.8 Å². The molecule has 0 aliphatic heterocycles. The number of primary amides is 1. The number of carbonyl (C=O) groups excluding carboxylic acids is 5. The molecule has 1 fully saturated rings. The van der Waals surface area contributed by atoms with Gasteiger partial charge in [-0.25, -0.2) is 4.79 Å². The fourth-order valence-corrected chi connectivity index (χ4v) is 5.08. The molecule has 1 aliphatic rings. The Morgan fingerprint density at radius 3 is 1.98 bits per heavy atom. The topological polar surface area (TPSA) is 253 Å². The molecular formula is C32H55N5O11. The fourth-order valence-electron chi connectivity index (χ4n) is 5.08.